The van der Waals surface area contributed by atoms with E-state index in [1.54, 1.807) is 13.0 Å². The van der Waals surface area contributed by atoms with E-state index in [9.17, 15) is 25.2 Å². The monoisotopic (exact) mass is 637 g/mol. The Morgan fingerprint density at radius 3 is 2.54 bits per heavy atom. The van der Waals surface area contributed by atoms with Gasteiger partial charge in [-0.1, -0.05) is 37.3 Å². The first-order chi connectivity index (χ1) is 22.0. The lowest BCUT2D eigenvalue weighted by Gasteiger charge is -2.66. The van der Waals surface area contributed by atoms with Crippen molar-refractivity contribution in [3.05, 3.63) is 47.5 Å². The first-order valence-corrected chi connectivity index (χ1v) is 17.5. The summed E-state index contributed by atoms with van der Waals surface area (Å²) in [6, 6.07) is 10.3. The number of cyclic esters (lactones) is 1. The van der Waals surface area contributed by atoms with Gasteiger partial charge in [-0.2, -0.15) is 0 Å². The number of carbonyl (C=O) groups excluding carboxylic acids is 1. The Morgan fingerprint density at radius 2 is 1.80 bits per heavy atom. The lowest BCUT2D eigenvalue weighted by Crippen LogP contribution is -2.69. The van der Waals surface area contributed by atoms with Crippen LogP contribution in [0.2, 0.25) is 0 Å². The zero-order valence-electron chi connectivity index (χ0n) is 27.2. The minimum atomic E-state index is -1.07. The van der Waals surface area contributed by atoms with Gasteiger partial charge in [0.1, 0.15) is 12.7 Å². The fourth-order valence-electron chi connectivity index (χ4n) is 10.9. The van der Waals surface area contributed by atoms with E-state index >= 15 is 0 Å². The van der Waals surface area contributed by atoms with Crippen molar-refractivity contribution in [1.29, 1.82) is 0 Å². The molecule has 252 valence electrons. The highest BCUT2D eigenvalue weighted by molar-refractivity contribution is 5.85. The molecule has 4 saturated carbocycles. The van der Waals surface area contributed by atoms with Crippen molar-refractivity contribution in [3.63, 3.8) is 0 Å². The van der Waals surface area contributed by atoms with Crippen LogP contribution < -0.4 is 0 Å². The molecule has 9 heteroatoms. The van der Waals surface area contributed by atoms with Crippen molar-refractivity contribution in [1.82, 2.24) is 0 Å². The SMILES string of the molecule is C[C@@H]1O[C@H](O[C@H]2CC[C@]3(C=NCCc4ccccc4)[C@H]4CC[C@]5(C)[C@@H](C6=CC(=O)OC6)CC[C@]5(O)[C@@H]4CC[C@]3(O)C2)C[C@H](O)[C@H]1O. The molecule has 0 radical (unpaired) electrons. The zero-order chi connectivity index (χ0) is 32.3. The van der Waals surface area contributed by atoms with Gasteiger partial charge in [0.15, 0.2) is 6.29 Å². The highest BCUT2D eigenvalue weighted by Gasteiger charge is 2.71. The highest BCUT2D eigenvalue weighted by Crippen LogP contribution is 2.70. The molecule has 0 bridgehead atoms. The maximum Gasteiger partial charge on any atom is 0.331 e. The smallest absolute Gasteiger partial charge is 0.331 e. The van der Waals surface area contributed by atoms with Crippen molar-refractivity contribution in [2.45, 2.75) is 126 Å². The van der Waals surface area contributed by atoms with Crippen molar-refractivity contribution >= 4 is 12.2 Å². The lowest BCUT2D eigenvalue weighted by molar-refractivity contribution is -0.282. The molecule has 7 rings (SSSR count). The molecular weight excluding hydrogens is 586 g/mol. The van der Waals surface area contributed by atoms with Gasteiger partial charge in [-0.3, -0.25) is 4.99 Å². The first-order valence-electron chi connectivity index (χ1n) is 17.5. The zero-order valence-corrected chi connectivity index (χ0v) is 27.2. The maximum absolute atomic E-state index is 12.7. The van der Waals surface area contributed by atoms with Gasteiger partial charge in [-0.15, -0.1) is 0 Å². The number of aliphatic imine (C=N–C) groups is 1. The van der Waals surface area contributed by atoms with Gasteiger partial charge >= 0.3 is 5.97 Å². The molecule has 6 aliphatic rings. The number of ether oxygens (including phenoxy) is 3. The van der Waals surface area contributed by atoms with Crippen LogP contribution in [0, 0.1) is 28.6 Å². The Kier molecular flexibility index (Phi) is 8.51. The molecule has 2 heterocycles. The molecule has 4 aliphatic carbocycles. The number of hydrogen-bond donors (Lipinski definition) is 4. The predicted octanol–water partition coefficient (Wildman–Crippen LogP) is 3.89. The number of carbonyl (C=O) groups is 1. The quantitative estimate of drug-likeness (QED) is 0.201. The average molecular weight is 638 g/mol. The van der Waals surface area contributed by atoms with Crippen molar-refractivity contribution in [3.8, 4) is 0 Å². The number of esters is 1. The van der Waals surface area contributed by atoms with Crippen molar-refractivity contribution in [2.75, 3.05) is 13.2 Å². The van der Waals surface area contributed by atoms with Crippen molar-refractivity contribution in [2.24, 2.45) is 33.6 Å². The van der Waals surface area contributed by atoms with Crippen LogP contribution in [-0.4, -0.2) is 87.7 Å². The molecule has 9 nitrogen and oxygen atoms in total. The summed E-state index contributed by atoms with van der Waals surface area (Å²) < 4.78 is 17.6. The summed E-state index contributed by atoms with van der Waals surface area (Å²) in [6.07, 6.45) is 7.68. The third kappa shape index (κ3) is 5.21. The van der Waals surface area contributed by atoms with Crippen LogP contribution in [0.4, 0.5) is 0 Å². The van der Waals surface area contributed by atoms with E-state index in [0.29, 0.717) is 51.7 Å². The number of aliphatic hydroxyl groups excluding tert-OH is 2. The van der Waals surface area contributed by atoms with E-state index < -0.39 is 41.2 Å². The second kappa shape index (κ2) is 12.1. The molecular formula is C37H51NO8. The summed E-state index contributed by atoms with van der Waals surface area (Å²) in [7, 11) is 0. The van der Waals surface area contributed by atoms with Crippen LogP contribution >= 0.6 is 0 Å². The van der Waals surface area contributed by atoms with Crippen molar-refractivity contribution < 1.29 is 39.4 Å². The maximum atomic E-state index is 12.7. The molecule has 0 unspecified atom stereocenters. The van der Waals surface area contributed by atoms with Crippen LogP contribution in [0.5, 0.6) is 0 Å². The minimum absolute atomic E-state index is 0.00681. The Hall–Kier alpha value is -2.14. The Morgan fingerprint density at radius 1 is 1.02 bits per heavy atom. The molecule has 5 fully saturated rings. The summed E-state index contributed by atoms with van der Waals surface area (Å²) in [6.45, 7) is 4.90. The average Bonchev–Trinajstić information content (AvgIpc) is 3.58. The number of benzene rings is 1. The highest BCUT2D eigenvalue weighted by atomic mass is 16.7. The molecule has 46 heavy (non-hydrogen) atoms. The normalized spacial score (nSPS) is 47.2. The minimum Gasteiger partial charge on any atom is -0.458 e. The second-order valence-corrected chi connectivity index (χ2v) is 15.5. The molecule has 1 aromatic rings. The molecule has 4 N–H and O–H groups in total. The Labute approximate surface area is 272 Å². The van der Waals surface area contributed by atoms with Gasteiger partial charge in [-0.05, 0) is 93.6 Å². The fraction of sp³-hybridized carbons (Fsp3) is 0.730. The number of rotatable bonds is 7. The van der Waals surface area contributed by atoms with Gasteiger partial charge < -0.3 is 34.6 Å². The number of aliphatic hydroxyl groups is 4. The predicted molar refractivity (Wildman–Crippen MR) is 171 cm³/mol. The van der Waals surface area contributed by atoms with E-state index in [2.05, 4.69) is 25.3 Å². The third-order valence-electron chi connectivity index (χ3n) is 13.3. The standard InChI is InChI=1S/C37H51NO8/c1-23-33(41)30(39)19-32(45-23)46-26-8-14-35(22-38-17-12-24-6-4-3-5-7-24)28-9-13-34(2)27(25-18-31(40)44-21-25)11-16-37(34,43)29(28)10-15-36(35,42)20-26/h3-7,18,22-23,26-30,32-33,39,41-43H,8-17,19-21H2,1-2H3/t23-,26-,27+,28-,29+,30-,32+,33-,34+,35-,36-,37-/m0/s1. The molecule has 1 aromatic carbocycles. The summed E-state index contributed by atoms with van der Waals surface area (Å²) >= 11 is 0. The number of nitrogens with zero attached hydrogens (tertiary/aromatic N) is 1. The van der Waals surface area contributed by atoms with Crippen LogP contribution in [0.15, 0.2) is 47.0 Å². The van der Waals surface area contributed by atoms with Crippen LogP contribution in [0.25, 0.3) is 0 Å². The third-order valence-corrected chi connectivity index (χ3v) is 13.3. The Balaban J connectivity index is 1.16. The molecule has 1 saturated heterocycles. The number of fused-ring (bicyclic) bond motifs is 5. The molecule has 0 spiro atoms. The summed E-state index contributed by atoms with van der Waals surface area (Å²) in [4.78, 5) is 17.0. The van der Waals surface area contributed by atoms with Gasteiger partial charge in [-0.25, -0.2) is 4.79 Å². The van der Waals surface area contributed by atoms with Gasteiger partial charge in [0.2, 0.25) is 0 Å². The first kappa shape index (κ1) is 32.4. The second-order valence-electron chi connectivity index (χ2n) is 15.5. The summed E-state index contributed by atoms with van der Waals surface area (Å²) in [5, 5.41) is 46.0. The van der Waals surface area contributed by atoms with E-state index in [1.807, 2.05) is 18.2 Å². The van der Waals surface area contributed by atoms with Crippen LogP contribution in [0.3, 0.4) is 0 Å². The van der Waals surface area contributed by atoms with Crippen LogP contribution in [-0.2, 0) is 25.4 Å². The van der Waals surface area contributed by atoms with Crippen LogP contribution in [0.1, 0.15) is 83.6 Å². The Bertz CT molecular complexity index is 1340. The van der Waals surface area contributed by atoms with E-state index in [-0.39, 0.29) is 41.7 Å². The van der Waals surface area contributed by atoms with E-state index in [4.69, 9.17) is 19.2 Å². The number of hydrogen-bond acceptors (Lipinski definition) is 9. The molecule has 0 aromatic heterocycles. The lowest BCUT2D eigenvalue weighted by atomic mass is 9.41. The van der Waals surface area contributed by atoms with Gasteiger partial charge in [0, 0.05) is 42.5 Å². The topological polar surface area (TPSA) is 138 Å². The molecule has 2 aliphatic heterocycles. The largest absolute Gasteiger partial charge is 0.458 e. The van der Waals surface area contributed by atoms with Gasteiger partial charge in [0.05, 0.1) is 29.5 Å². The summed E-state index contributed by atoms with van der Waals surface area (Å²) in [5.74, 6) is -0.110. The van der Waals surface area contributed by atoms with Gasteiger partial charge in [0.25, 0.3) is 0 Å². The van der Waals surface area contributed by atoms with E-state index in [1.165, 1.54) is 5.56 Å². The molecule has 12 atom stereocenters. The molecule has 0 amide bonds. The summed E-state index contributed by atoms with van der Waals surface area (Å²) in [5.41, 5.74) is -0.707. The van der Waals surface area contributed by atoms with E-state index in [0.717, 1.165) is 31.3 Å². The fourth-order valence-corrected chi connectivity index (χ4v) is 10.9.